The minimum atomic E-state index is -4.50. The number of para-hydroxylation sites is 1. The highest BCUT2D eigenvalue weighted by molar-refractivity contribution is 5.44. The molecule has 1 atom stereocenters. The van der Waals surface area contributed by atoms with Gasteiger partial charge in [0.2, 0.25) is 0 Å². The zero-order valence-corrected chi connectivity index (χ0v) is 12.8. The van der Waals surface area contributed by atoms with Crippen molar-refractivity contribution in [3.8, 4) is 0 Å². The summed E-state index contributed by atoms with van der Waals surface area (Å²) in [5.74, 6) is -0.664. The van der Waals surface area contributed by atoms with Crippen LogP contribution in [0.15, 0.2) is 30.3 Å². The minimum absolute atomic E-state index is 0.399. The van der Waals surface area contributed by atoms with Crippen LogP contribution in [-0.4, -0.2) is 55.5 Å². The second kappa shape index (κ2) is 7.33. The van der Waals surface area contributed by atoms with Gasteiger partial charge < -0.3 is 14.9 Å². The number of hydrogen-bond donors (Lipinski definition) is 1. The Hall–Kier alpha value is -1.27. The summed E-state index contributed by atoms with van der Waals surface area (Å²) in [6.07, 6.45) is -5.88. The average Bonchev–Trinajstić information content (AvgIpc) is 2.52. The molecule has 0 aromatic heterocycles. The Labute approximate surface area is 129 Å². The maximum atomic E-state index is 12.5. The van der Waals surface area contributed by atoms with Crippen LogP contribution in [0.1, 0.15) is 12.8 Å². The third-order valence-electron chi connectivity index (χ3n) is 4.36. The second-order valence-electron chi connectivity index (χ2n) is 5.92. The van der Waals surface area contributed by atoms with E-state index in [4.69, 9.17) is 0 Å². The molecule has 1 aromatic rings. The molecule has 1 fully saturated rings. The van der Waals surface area contributed by atoms with E-state index in [-0.39, 0.29) is 0 Å². The highest BCUT2D eigenvalue weighted by Crippen LogP contribution is 2.31. The van der Waals surface area contributed by atoms with Crippen LogP contribution in [-0.2, 0) is 0 Å². The number of halogens is 3. The molecule has 1 unspecified atom stereocenters. The van der Waals surface area contributed by atoms with Crippen molar-refractivity contribution in [2.24, 2.45) is 5.92 Å². The van der Waals surface area contributed by atoms with Gasteiger partial charge in [0.25, 0.3) is 0 Å². The SMILES string of the molecule is CN(CCN1CCC(C(O)C(F)(F)F)CC1)c1ccccc1. The molecule has 0 spiro atoms. The summed E-state index contributed by atoms with van der Waals surface area (Å²) >= 11 is 0. The second-order valence-corrected chi connectivity index (χ2v) is 5.92. The van der Waals surface area contributed by atoms with Crippen LogP contribution >= 0.6 is 0 Å². The molecule has 2 rings (SSSR count). The van der Waals surface area contributed by atoms with Gasteiger partial charge in [-0.25, -0.2) is 0 Å². The number of rotatable bonds is 5. The molecule has 0 radical (unpaired) electrons. The smallest absolute Gasteiger partial charge is 0.383 e. The summed E-state index contributed by atoms with van der Waals surface area (Å²) in [4.78, 5) is 4.30. The fraction of sp³-hybridized carbons (Fsp3) is 0.625. The van der Waals surface area contributed by atoms with Gasteiger partial charge >= 0.3 is 6.18 Å². The van der Waals surface area contributed by atoms with Crippen molar-refractivity contribution in [3.05, 3.63) is 30.3 Å². The van der Waals surface area contributed by atoms with Crippen molar-refractivity contribution in [3.63, 3.8) is 0 Å². The first-order valence-electron chi connectivity index (χ1n) is 7.61. The lowest BCUT2D eigenvalue weighted by molar-refractivity contribution is -0.223. The zero-order valence-electron chi connectivity index (χ0n) is 12.8. The zero-order chi connectivity index (χ0) is 16.2. The van der Waals surface area contributed by atoms with Crippen LogP contribution in [0.5, 0.6) is 0 Å². The van der Waals surface area contributed by atoms with Gasteiger partial charge in [0.05, 0.1) is 0 Å². The number of nitrogens with zero attached hydrogens (tertiary/aromatic N) is 2. The summed E-state index contributed by atoms with van der Waals surface area (Å²) in [5.41, 5.74) is 1.13. The summed E-state index contributed by atoms with van der Waals surface area (Å²) in [5, 5.41) is 9.31. The highest BCUT2D eigenvalue weighted by Gasteiger charge is 2.44. The fourth-order valence-corrected chi connectivity index (χ4v) is 2.86. The first-order valence-corrected chi connectivity index (χ1v) is 7.61. The van der Waals surface area contributed by atoms with E-state index in [1.54, 1.807) is 0 Å². The van der Waals surface area contributed by atoms with Gasteiger partial charge in [0.15, 0.2) is 6.10 Å². The number of hydrogen-bond acceptors (Lipinski definition) is 3. The van der Waals surface area contributed by atoms with Gasteiger partial charge in [-0.2, -0.15) is 13.2 Å². The standard InChI is InChI=1S/C16H23F3N2O/c1-20(14-5-3-2-4-6-14)11-12-21-9-7-13(8-10-21)15(22)16(17,18)19/h2-6,13,15,22H,7-12H2,1H3. The Morgan fingerprint density at radius 1 is 1.23 bits per heavy atom. The molecular weight excluding hydrogens is 293 g/mol. The molecule has 0 bridgehead atoms. The monoisotopic (exact) mass is 316 g/mol. The van der Waals surface area contributed by atoms with Crippen LogP contribution in [0, 0.1) is 5.92 Å². The lowest BCUT2D eigenvalue weighted by atomic mass is 9.91. The maximum Gasteiger partial charge on any atom is 0.414 e. The summed E-state index contributed by atoms with van der Waals surface area (Å²) in [6, 6.07) is 10.00. The molecule has 1 heterocycles. The Bertz CT molecular complexity index is 444. The first kappa shape index (κ1) is 17.1. The Morgan fingerprint density at radius 3 is 2.36 bits per heavy atom. The van der Waals surface area contributed by atoms with E-state index < -0.39 is 18.2 Å². The number of anilines is 1. The number of benzene rings is 1. The minimum Gasteiger partial charge on any atom is -0.383 e. The summed E-state index contributed by atoms with van der Waals surface area (Å²) in [7, 11) is 2.01. The molecule has 1 aliphatic rings. The van der Waals surface area contributed by atoms with Gasteiger partial charge in [0, 0.05) is 25.8 Å². The Kier molecular flexibility index (Phi) is 5.69. The van der Waals surface area contributed by atoms with Crippen molar-refractivity contribution in [1.29, 1.82) is 0 Å². The summed E-state index contributed by atoms with van der Waals surface area (Å²) in [6.45, 7) is 2.87. The predicted molar refractivity (Wildman–Crippen MR) is 80.9 cm³/mol. The number of likely N-dealkylation sites (tertiary alicyclic amines) is 1. The lowest BCUT2D eigenvalue weighted by Gasteiger charge is -2.35. The van der Waals surface area contributed by atoms with Crippen molar-refractivity contribution in [2.75, 3.05) is 38.1 Å². The molecule has 0 aliphatic carbocycles. The van der Waals surface area contributed by atoms with E-state index in [0.717, 1.165) is 18.8 Å². The third kappa shape index (κ3) is 4.61. The van der Waals surface area contributed by atoms with Crippen molar-refractivity contribution in [2.45, 2.75) is 25.1 Å². The van der Waals surface area contributed by atoms with Gasteiger partial charge in [-0.3, -0.25) is 0 Å². The van der Waals surface area contributed by atoms with Crippen LogP contribution in [0.2, 0.25) is 0 Å². The first-order chi connectivity index (χ1) is 10.4. The van der Waals surface area contributed by atoms with Gasteiger partial charge in [-0.1, -0.05) is 18.2 Å². The quantitative estimate of drug-likeness (QED) is 0.905. The fourth-order valence-electron chi connectivity index (χ4n) is 2.86. The molecule has 124 valence electrons. The number of aliphatic hydroxyl groups is 1. The molecule has 1 N–H and O–H groups in total. The lowest BCUT2D eigenvalue weighted by Crippen LogP contribution is -2.44. The molecule has 1 aliphatic heterocycles. The number of alkyl halides is 3. The maximum absolute atomic E-state index is 12.5. The molecule has 1 aromatic carbocycles. The molecule has 0 saturated carbocycles. The van der Waals surface area contributed by atoms with Crippen LogP contribution in [0.3, 0.4) is 0 Å². The molecule has 3 nitrogen and oxygen atoms in total. The number of likely N-dealkylation sites (N-methyl/N-ethyl adjacent to an activating group) is 1. The molecule has 22 heavy (non-hydrogen) atoms. The average molecular weight is 316 g/mol. The van der Waals surface area contributed by atoms with Gasteiger partial charge in [0.1, 0.15) is 0 Å². The Morgan fingerprint density at radius 2 is 1.82 bits per heavy atom. The third-order valence-corrected chi connectivity index (χ3v) is 4.36. The number of aliphatic hydroxyl groups excluding tert-OH is 1. The molecular formula is C16H23F3N2O. The summed E-state index contributed by atoms with van der Waals surface area (Å²) < 4.78 is 37.5. The number of piperidine rings is 1. The van der Waals surface area contributed by atoms with Crippen LogP contribution in [0.25, 0.3) is 0 Å². The van der Waals surface area contributed by atoms with Crippen LogP contribution < -0.4 is 4.90 Å². The van der Waals surface area contributed by atoms with Gasteiger partial charge in [-0.15, -0.1) is 0 Å². The highest BCUT2D eigenvalue weighted by atomic mass is 19.4. The normalized spacial score (nSPS) is 19.1. The largest absolute Gasteiger partial charge is 0.414 e. The van der Waals surface area contributed by atoms with E-state index in [2.05, 4.69) is 9.80 Å². The molecule has 1 saturated heterocycles. The van der Waals surface area contributed by atoms with E-state index >= 15 is 0 Å². The van der Waals surface area contributed by atoms with E-state index in [9.17, 15) is 18.3 Å². The molecule has 0 amide bonds. The molecule has 6 heteroatoms. The van der Waals surface area contributed by atoms with E-state index in [1.165, 1.54) is 0 Å². The van der Waals surface area contributed by atoms with E-state index in [1.807, 2.05) is 37.4 Å². The van der Waals surface area contributed by atoms with Crippen molar-refractivity contribution >= 4 is 5.69 Å². The van der Waals surface area contributed by atoms with Crippen LogP contribution in [0.4, 0.5) is 18.9 Å². The predicted octanol–water partition coefficient (Wildman–Crippen LogP) is 2.76. The topological polar surface area (TPSA) is 26.7 Å². The van der Waals surface area contributed by atoms with E-state index in [0.29, 0.717) is 25.9 Å². The van der Waals surface area contributed by atoms with Crippen molar-refractivity contribution in [1.82, 2.24) is 4.90 Å². The van der Waals surface area contributed by atoms with Crippen molar-refractivity contribution < 1.29 is 18.3 Å². The van der Waals surface area contributed by atoms with Gasteiger partial charge in [-0.05, 0) is 44.0 Å². The Balaban J connectivity index is 1.74.